The van der Waals surface area contributed by atoms with E-state index in [2.05, 4.69) is 10.4 Å². The van der Waals surface area contributed by atoms with Gasteiger partial charge >= 0.3 is 0 Å². The van der Waals surface area contributed by atoms with E-state index in [4.69, 9.17) is 0 Å². The van der Waals surface area contributed by atoms with E-state index in [1.165, 1.54) is 12.8 Å². The zero-order valence-corrected chi connectivity index (χ0v) is 6.55. The van der Waals surface area contributed by atoms with Crippen LogP contribution in [0.15, 0.2) is 0 Å². The normalized spacial score (nSPS) is 27.8. The topological polar surface area (TPSA) is 35.6 Å². The van der Waals surface area contributed by atoms with Crippen LogP contribution in [0.4, 0.5) is 0 Å². The van der Waals surface area contributed by atoms with Gasteiger partial charge < -0.3 is 0 Å². The van der Waals surface area contributed by atoms with E-state index in [0.29, 0.717) is 6.42 Å². The first kappa shape index (κ1) is 7.06. The molecule has 0 saturated carbocycles. The van der Waals surface area contributed by atoms with E-state index in [0.717, 1.165) is 19.6 Å². The van der Waals surface area contributed by atoms with Crippen molar-refractivity contribution in [3.63, 3.8) is 0 Å². The molecule has 0 aromatic rings. The second-order valence-corrected chi connectivity index (χ2v) is 3.07. The van der Waals surface area contributed by atoms with Gasteiger partial charge in [-0.1, -0.05) is 0 Å². The largest absolute Gasteiger partial charge is 0.275 e. The average molecular weight is 155 g/mol. The van der Waals surface area contributed by atoms with E-state index in [9.17, 15) is 4.79 Å². The predicted molar refractivity (Wildman–Crippen MR) is 40.3 cm³/mol. The first-order valence-electron chi connectivity index (χ1n) is 4.18. The molecule has 4 heteroatoms. The van der Waals surface area contributed by atoms with Crippen LogP contribution in [0.25, 0.3) is 0 Å². The SMILES string of the molecule is O=C1CCN(N2CCCC2)N1. The van der Waals surface area contributed by atoms with Gasteiger partial charge in [0, 0.05) is 26.1 Å². The number of hydrogen-bond acceptors (Lipinski definition) is 3. The lowest BCUT2D eigenvalue weighted by molar-refractivity contribution is -0.125. The lowest BCUT2D eigenvalue weighted by Gasteiger charge is -2.25. The molecule has 1 N–H and O–H groups in total. The highest BCUT2D eigenvalue weighted by Gasteiger charge is 2.25. The fourth-order valence-corrected chi connectivity index (χ4v) is 1.62. The molecule has 0 spiro atoms. The van der Waals surface area contributed by atoms with Crippen molar-refractivity contribution in [2.24, 2.45) is 0 Å². The van der Waals surface area contributed by atoms with Crippen LogP contribution < -0.4 is 5.43 Å². The van der Waals surface area contributed by atoms with Crippen molar-refractivity contribution in [3.8, 4) is 0 Å². The highest BCUT2D eigenvalue weighted by Crippen LogP contribution is 2.11. The lowest BCUT2D eigenvalue weighted by atomic mass is 10.4. The standard InChI is InChI=1S/C7H13N3O/c11-7-3-6-10(8-7)9-4-1-2-5-9/h1-6H2,(H,8,11). The number of carbonyl (C=O) groups excluding carboxylic acids is 1. The highest BCUT2D eigenvalue weighted by atomic mass is 16.2. The quantitative estimate of drug-likeness (QED) is 0.566. The summed E-state index contributed by atoms with van der Waals surface area (Å²) < 4.78 is 0. The molecule has 0 unspecified atom stereocenters. The number of nitrogens with one attached hydrogen (secondary N) is 1. The Balaban J connectivity index is 1.90. The molecule has 0 aromatic carbocycles. The number of amides is 1. The van der Waals surface area contributed by atoms with Crippen LogP contribution in [0.1, 0.15) is 19.3 Å². The number of nitrogens with zero attached hydrogens (tertiary/aromatic N) is 2. The first-order chi connectivity index (χ1) is 5.36. The molecule has 2 heterocycles. The molecule has 2 aliphatic rings. The van der Waals surface area contributed by atoms with Crippen LogP contribution in [0, 0.1) is 0 Å². The minimum Gasteiger partial charge on any atom is -0.275 e. The molecule has 2 fully saturated rings. The Labute approximate surface area is 66.1 Å². The second kappa shape index (κ2) is 2.79. The highest BCUT2D eigenvalue weighted by molar-refractivity contribution is 5.77. The van der Waals surface area contributed by atoms with Gasteiger partial charge in [0.25, 0.3) is 0 Å². The Kier molecular flexibility index (Phi) is 1.79. The molecular weight excluding hydrogens is 142 g/mol. The second-order valence-electron chi connectivity index (χ2n) is 3.07. The number of hydrazine groups is 2. The lowest BCUT2D eigenvalue weighted by Crippen LogP contribution is -2.46. The van der Waals surface area contributed by atoms with Crippen molar-refractivity contribution < 1.29 is 4.79 Å². The molecule has 0 aliphatic carbocycles. The van der Waals surface area contributed by atoms with Crippen molar-refractivity contribution in [2.75, 3.05) is 19.6 Å². The molecule has 0 aromatic heterocycles. The van der Waals surface area contributed by atoms with Gasteiger partial charge in [0.1, 0.15) is 0 Å². The van der Waals surface area contributed by atoms with Crippen molar-refractivity contribution >= 4 is 5.91 Å². The van der Waals surface area contributed by atoms with Crippen LogP contribution in [0.2, 0.25) is 0 Å². The summed E-state index contributed by atoms with van der Waals surface area (Å²) in [5, 5.41) is 4.17. The third-order valence-electron chi connectivity index (χ3n) is 2.23. The van der Waals surface area contributed by atoms with E-state index < -0.39 is 0 Å². The Hall–Kier alpha value is -0.610. The van der Waals surface area contributed by atoms with Crippen molar-refractivity contribution in [3.05, 3.63) is 0 Å². The Bertz CT molecular complexity index is 165. The van der Waals surface area contributed by atoms with E-state index >= 15 is 0 Å². The summed E-state index contributed by atoms with van der Waals surface area (Å²) in [6, 6.07) is 0. The molecule has 2 saturated heterocycles. The molecule has 0 radical (unpaired) electrons. The molecule has 2 aliphatic heterocycles. The van der Waals surface area contributed by atoms with E-state index in [1.54, 1.807) is 0 Å². The Morgan fingerprint density at radius 2 is 1.91 bits per heavy atom. The molecule has 4 nitrogen and oxygen atoms in total. The molecule has 62 valence electrons. The van der Waals surface area contributed by atoms with Gasteiger partial charge in [-0.3, -0.25) is 10.2 Å². The Morgan fingerprint density at radius 3 is 2.45 bits per heavy atom. The first-order valence-corrected chi connectivity index (χ1v) is 4.18. The monoisotopic (exact) mass is 155 g/mol. The summed E-state index contributed by atoms with van der Waals surface area (Å²) in [6.07, 6.45) is 3.16. The Morgan fingerprint density at radius 1 is 1.18 bits per heavy atom. The number of carbonyl (C=O) groups is 1. The molecule has 0 atom stereocenters. The fourth-order valence-electron chi connectivity index (χ4n) is 1.62. The maximum Gasteiger partial charge on any atom is 0.236 e. The van der Waals surface area contributed by atoms with E-state index in [1.807, 2.05) is 5.12 Å². The maximum atomic E-state index is 10.8. The van der Waals surface area contributed by atoms with Gasteiger partial charge in [-0.15, -0.1) is 0 Å². The third-order valence-corrected chi connectivity index (χ3v) is 2.23. The summed E-state index contributed by atoms with van der Waals surface area (Å²) in [6.45, 7) is 3.04. The maximum absolute atomic E-state index is 10.8. The smallest absolute Gasteiger partial charge is 0.236 e. The zero-order chi connectivity index (χ0) is 7.68. The molecular formula is C7H13N3O. The summed E-state index contributed by atoms with van der Waals surface area (Å²) in [4.78, 5) is 10.8. The zero-order valence-electron chi connectivity index (χ0n) is 6.55. The van der Waals surface area contributed by atoms with Crippen LogP contribution in [0.5, 0.6) is 0 Å². The number of rotatable bonds is 1. The number of hydrogen-bond donors (Lipinski definition) is 1. The fraction of sp³-hybridized carbons (Fsp3) is 0.857. The summed E-state index contributed by atoms with van der Waals surface area (Å²) in [5.41, 5.74) is 2.82. The van der Waals surface area contributed by atoms with Gasteiger partial charge in [0.2, 0.25) is 5.91 Å². The average Bonchev–Trinajstić information content (AvgIpc) is 2.55. The van der Waals surface area contributed by atoms with Gasteiger partial charge in [-0.05, 0) is 12.8 Å². The van der Waals surface area contributed by atoms with Gasteiger partial charge in [-0.2, -0.15) is 5.12 Å². The van der Waals surface area contributed by atoms with Crippen LogP contribution >= 0.6 is 0 Å². The minimum atomic E-state index is 0.150. The summed E-state index contributed by atoms with van der Waals surface area (Å²) >= 11 is 0. The van der Waals surface area contributed by atoms with Gasteiger partial charge in [0.05, 0.1) is 0 Å². The predicted octanol–water partition coefficient (Wildman–Crippen LogP) is -0.266. The van der Waals surface area contributed by atoms with Crippen molar-refractivity contribution in [1.29, 1.82) is 0 Å². The van der Waals surface area contributed by atoms with Crippen molar-refractivity contribution in [2.45, 2.75) is 19.3 Å². The molecule has 0 bridgehead atoms. The summed E-state index contributed by atoms with van der Waals surface area (Å²) in [7, 11) is 0. The van der Waals surface area contributed by atoms with Gasteiger partial charge in [0.15, 0.2) is 0 Å². The third kappa shape index (κ3) is 1.36. The summed E-state index contributed by atoms with van der Waals surface area (Å²) in [5.74, 6) is 0.150. The van der Waals surface area contributed by atoms with Crippen LogP contribution in [0.3, 0.4) is 0 Å². The minimum absolute atomic E-state index is 0.150. The molecule has 2 rings (SSSR count). The van der Waals surface area contributed by atoms with Crippen LogP contribution in [-0.4, -0.2) is 35.7 Å². The molecule has 1 amide bonds. The van der Waals surface area contributed by atoms with E-state index in [-0.39, 0.29) is 5.91 Å². The van der Waals surface area contributed by atoms with Crippen molar-refractivity contribution in [1.82, 2.24) is 15.6 Å². The van der Waals surface area contributed by atoms with Gasteiger partial charge in [-0.25, -0.2) is 5.01 Å². The molecule has 11 heavy (non-hydrogen) atoms. The van der Waals surface area contributed by atoms with Crippen LogP contribution in [-0.2, 0) is 4.79 Å².